The normalized spacial score (nSPS) is 15.9. The Balaban J connectivity index is 1.61. The molecular formula is C15H18N2O3S. The highest BCUT2D eigenvalue weighted by atomic mass is 32.1. The van der Waals surface area contributed by atoms with E-state index in [-0.39, 0.29) is 24.3 Å². The van der Waals surface area contributed by atoms with Gasteiger partial charge in [0.25, 0.3) is 0 Å². The van der Waals surface area contributed by atoms with Crippen LogP contribution in [-0.2, 0) is 11.2 Å². The number of hydrogen-bond acceptors (Lipinski definition) is 5. The van der Waals surface area contributed by atoms with Crippen molar-refractivity contribution in [2.45, 2.75) is 26.2 Å². The summed E-state index contributed by atoms with van der Waals surface area (Å²) in [5.41, 5.74) is 1.53. The van der Waals surface area contributed by atoms with Crippen LogP contribution in [0.2, 0.25) is 0 Å². The van der Waals surface area contributed by atoms with E-state index in [1.54, 1.807) is 11.3 Å². The Labute approximate surface area is 127 Å². The van der Waals surface area contributed by atoms with Gasteiger partial charge in [-0.25, -0.2) is 4.98 Å². The first-order chi connectivity index (χ1) is 10.1. The molecule has 2 aromatic rings. The Hall–Kier alpha value is -1.66. The summed E-state index contributed by atoms with van der Waals surface area (Å²) in [7, 11) is 0. The maximum Gasteiger partial charge on any atom is 0.227 e. The molecule has 2 aromatic heterocycles. The van der Waals surface area contributed by atoms with E-state index >= 15 is 0 Å². The van der Waals surface area contributed by atoms with Gasteiger partial charge in [0.15, 0.2) is 0 Å². The highest BCUT2D eigenvalue weighted by Gasteiger charge is 2.42. The maximum atomic E-state index is 12.0. The first kappa shape index (κ1) is 14.3. The lowest BCUT2D eigenvalue weighted by Crippen LogP contribution is -2.33. The molecule has 0 saturated heterocycles. The predicted molar refractivity (Wildman–Crippen MR) is 80.0 cm³/mol. The van der Waals surface area contributed by atoms with E-state index in [9.17, 15) is 9.90 Å². The van der Waals surface area contributed by atoms with Crippen LogP contribution in [0.1, 0.15) is 24.3 Å². The number of aryl methyl sites for hydroxylation is 1. The lowest BCUT2D eigenvalue weighted by molar-refractivity contribution is -0.120. The van der Waals surface area contributed by atoms with E-state index < -0.39 is 0 Å². The van der Waals surface area contributed by atoms with Gasteiger partial charge in [0, 0.05) is 22.9 Å². The van der Waals surface area contributed by atoms with Gasteiger partial charge in [-0.15, -0.1) is 0 Å². The summed E-state index contributed by atoms with van der Waals surface area (Å²) < 4.78 is 5.61. The van der Waals surface area contributed by atoms with Gasteiger partial charge in [0.05, 0.1) is 18.7 Å². The summed E-state index contributed by atoms with van der Waals surface area (Å²) >= 11 is 1.58. The van der Waals surface area contributed by atoms with Gasteiger partial charge in [-0.2, -0.15) is 11.3 Å². The molecule has 2 heterocycles. The SMILES string of the molecule is Cc1oc(-c2ccsc2)nc1CC(=O)NCC1(CO)CC1. The molecule has 6 heteroatoms. The van der Waals surface area contributed by atoms with Crippen LogP contribution in [0.25, 0.3) is 11.5 Å². The third-order valence-electron chi connectivity index (χ3n) is 3.94. The number of rotatable bonds is 6. The molecule has 2 N–H and O–H groups in total. The Kier molecular flexibility index (Phi) is 3.82. The molecule has 112 valence electrons. The molecule has 3 rings (SSSR count). The van der Waals surface area contributed by atoms with E-state index in [0.717, 1.165) is 18.4 Å². The van der Waals surface area contributed by atoms with Crippen molar-refractivity contribution < 1.29 is 14.3 Å². The molecule has 1 aliphatic carbocycles. The summed E-state index contributed by atoms with van der Waals surface area (Å²) in [5.74, 6) is 1.16. The zero-order chi connectivity index (χ0) is 14.9. The number of thiophene rings is 1. The minimum absolute atomic E-state index is 0.0730. The summed E-state index contributed by atoms with van der Waals surface area (Å²) in [6.07, 6.45) is 2.17. The molecule has 1 saturated carbocycles. The van der Waals surface area contributed by atoms with Gasteiger partial charge in [-0.05, 0) is 31.2 Å². The number of nitrogens with one attached hydrogen (secondary N) is 1. The van der Waals surface area contributed by atoms with Gasteiger partial charge in [0.2, 0.25) is 11.8 Å². The van der Waals surface area contributed by atoms with Crippen molar-refractivity contribution >= 4 is 17.2 Å². The zero-order valence-corrected chi connectivity index (χ0v) is 12.7. The van der Waals surface area contributed by atoms with Gasteiger partial charge < -0.3 is 14.8 Å². The summed E-state index contributed by atoms with van der Waals surface area (Å²) in [6.45, 7) is 2.50. The summed E-state index contributed by atoms with van der Waals surface area (Å²) in [4.78, 5) is 16.4. The Bertz CT molecular complexity index is 629. The maximum absolute atomic E-state index is 12.0. The van der Waals surface area contributed by atoms with Crippen LogP contribution >= 0.6 is 11.3 Å². The van der Waals surface area contributed by atoms with E-state index in [0.29, 0.717) is 23.9 Å². The highest BCUT2D eigenvalue weighted by Crippen LogP contribution is 2.44. The largest absolute Gasteiger partial charge is 0.441 e. The second-order valence-corrected chi connectivity index (χ2v) is 6.43. The summed E-state index contributed by atoms with van der Waals surface area (Å²) in [6, 6.07) is 1.94. The van der Waals surface area contributed by atoms with Crippen molar-refractivity contribution in [3.63, 3.8) is 0 Å². The average Bonchev–Trinajstić information content (AvgIpc) is 2.88. The fourth-order valence-electron chi connectivity index (χ4n) is 2.17. The van der Waals surface area contributed by atoms with E-state index in [4.69, 9.17) is 4.42 Å². The molecule has 0 spiro atoms. The first-order valence-corrected chi connectivity index (χ1v) is 7.93. The van der Waals surface area contributed by atoms with Crippen LogP contribution in [0.15, 0.2) is 21.2 Å². The average molecular weight is 306 g/mol. The molecule has 0 radical (unpaired) electrons. The smallest absolute Gasteiger partial charge is 0.227 e. The van der Waals surface area contributed by atoms with Gasteiger partial charge in [-0.3, -0.25) is 4.79 Å². The number of oxazole rings is 1. The van der Waals surface area contributed by atoms with Crippen LogP contribution in [-0.4, -0.2) is 29.1 Å². The lowest BCUT2D eigenvalue weighted by atomic mass is 10.1. The molecule has 5 nitrogen and oxygen atoms in total. The molecule has 1 aliphatic rings. The third kappa shape index (κ3) is 3.16. The number of carbonyl (C=O) groups excluding carboxylic acids is 1. The van der Waals surface area contributed by atoms with Crippen molar-refractivity contribution in [2.75, 3.05) is 13.2 Å². The molecule has 0 aromatic carbocycles. The number of aliphatic hydroxyl groups excluding tert-OH is 1. The number of aromatic nitrogens is 1. The fraction of sp³-hybridized carbons (Fsp3) is 0.467. The minimum Gasteiger partial charge on any atom is -0.441 e. The highest BCUT2D eigenvalue weighted by molar-refractivity contribution is 7.08. The van der Waals surface area contributed by atoms with Crippen LogP contribution < -0.4 is 5.32 Å². The third-order valence-corrected chi connectivity index (χ3v) is 4.63. The quantitative estimate of drug-likeness (QED) is 0.857. The van der Waals surface area contributed by atoms with Gasteiger partial charge in [0.1, 0.15) is 5.76 Å². The molecule has 1 amide bonds. The number of nitrogens with zero attached hydrogens (tertiary/aromatic N) is 1. The van der Waals surface area contributed by atoms with Gasteiger partial charge in [-0.1, -0.05) is 0 Å². The van der Waals surface area contributed by atoms with Crippen molar-refractivity contribution in [2.24, 2.45) is 5.41 Å². The van der Waals surface area contributed by atoms with Crippen molar-refractivity contribution in [3.05, 3.63) is 28.3 Å². The fourth-order valence-corrected chi connectivity index (χ4v) is 2.80. The molecule has 0 aliphatic heterocycles. The molecule has 0 atom stereocenters. The molecule has 0 bridgehead atoms. The number of amides is 1. The zero-order valence-electron chi connectivity index (χ0n) is 11.9. The van der Waals surface area contributed by atoms with E-state index in [1.165, 1.54) is 0 Å². The lowest BCUT2D eigenvalue weighted by Gasteiger charge is -2.12. The minimum atomic E-state index is -0.0806. The monoisotopic (exact) mass is 306 g/mol. The molecule has 1 fully saturated rings. The topological polar surface area (TPSA) is 75.4 Å². The standard InChI is InChI=1S/C15H18N2O3S/c1-10-12(17-14(20-10)11-2-5-21-7-11)6-13(19)16-8-15(9-18)3-4-15/h2,5,7,18H,3-4,6,8-9H2,1H3,(H,16,19). The first-order valence-electron chi connectivity index (χ1n) is 6.98. The van der Waals surface area contributed by atoms with E-state index in [1.807, 2.05) is 23.8 Å². The van der Waals surface area contributed by atoms with Crippen LogP contribution in [0, 0.1) is 12.3 Å². The predicted octanol–water partition coefficient (Wildman–Crippen LogP) is 2.14. The molecule has 0 unspecified atom stereocenters. The Morgan fingerprint density at radius 2 is 2.38 bits per heavy atom. The van der Waals surface area contributed by atoms with E-state index in [2.05, 4.69) is 10.3 Å². The van der Waals surface area contributed by atoms with Crippen molar-refractivity contribution in [1.82, 2.24) is 10.3 Å². The van der Waals surface area contributed by atoms with Crippen molar-refractivity contribution in [3.8, 4) is 11.5 Å². The van der Waals surface area contributed by atoms with Crippen LogP contribution in [0.3, 0.4) is 0 Å². The Morgan fingerprint density at radius 1 is 1.57 bits per heavy atom. The number of hydrogen-bond donors (Lipinski definition) is 2. The number of carbonyl (C=O) groups is 1. The van der Waals surface area contributed by atoms with Crippen molar-refractivity contribution in [1.29, 1.82) is 0 Å². The second-order valence-electron chi connectivity index (χ2n) is 5.65. The van der Waals surface area contributed by atoms with Gasteiger partial charge >= 0.3 is 0 Å². The summed E-state index contributed by atoms with van der Waals surface area (Å²) in [5, 5.41) is 16.0. The molecule has 21 heavy (non-hydrogen) atoms. The van der Waals surface area contributed by atoms with Crippen LogP contribution in [0.5, 0.6) is 0 Å². The number of aliphatic hydroxyl groups is 1. The second kappa shape index (κ2) is 5.61. The molecular weight excluding hydrogens is 288 g/mol. The van der Waals surface area contributed by atoms with Crippen LogP contribution in [0.4, 0.5) is 0 Å². The Morgan fingerprint density at radius 3 is 3.00 bits per heavy atom.